The summed E-state index contributed by atoms with van der Waals surface area (Å²) in [6.07, 6.45) is 5.63. The number of ether oxygens (including phenoxy) is 1. The molecular weight excluding hydrogens is 352 g/mol. The van der Waals surface area contributed by atoms with Crippen LogP contribution in [0.4, 0.5) is 0 Å². The Balaban J connectivity index is 1.62. The summed E-state index contributed by atoms with van der Waals surface area (Å²) in [6.45, 7) is 12.0. The molecule has 28 heavy (non-hydrogen) atoms. The predicted molar refractivity (Wildman–Crippen MR) is 111 cm³/mol. The standard InChI is InChI=1S/C23H30N2O3/c1-14(2)24-16(4)12-21(18(24)6)22(26)13-28-23(27)10-7-19-11-15(3)25(17(19)5)20-8-9-20/h7,10-12,14,20H,8-9,13H2,1-6H3/b10-7+. The molecule has 0 N–H and O–H groups in total. The lowest BCUT2D eigenvalue weighted by Gasteiger charge is -2.13. The van der Waals surface area contributed by atoms with E-state index in [-0.39, 0.29) is 18.4 Å². The molecule has 0 unspecified atom stereocenters. The zero-order valence-corrected chi connectivity index (χ0v) is 17.7. The number of nitrogens with zero attached hydrogens (tertiary/aromatic N) is 2. The molecule has 1 aliphatic carbocycles. The van der Waals surface area contributed by atoms with Gasteiger partial charge in [0.15, 0.2) is 6.61 Å². The molecule has 0 atom stereocenters. The molecule has 3 rings (SSSR count). The maximum atomic E-state index is 12.5. The first-order valence-corrected chi connectivity index (χ1v) is 9.95. The van der Waals surface area contributed by atoms with E-state index in [4.69, 9.17) is 4.74 Å². The van der Waals surface area contributed by atoms with E-state index in [1.165, 1.54) is 30.3 Å². The summed E-state index contributed by atoms with van der Waals surface area (Å²) in [6, 6.07) is 4.84. The second-order valence-corrected chi connectivity index (χ2v) is 8.04. The number of esters is 1. The fourth-order valence-corrected chi connectivity index (χ4v) is 4.14. The van der Waals surface area contributed by atoms with Crippen LogP contribution in [-0.2, 0) is 9.53 Å². The van der Waals surface area contributed by atoms with Crippen LogP contribution >= 0.6 is 0 Å². The zero-order chi connectivity index (χ0) is 20.6. The highest BCUT2D eigenvalue weighted by Crippen LogP contribution is 2.38. The van der Waals surface area contributed by atoms with Gasteiger partial charge in [0, 0.05) is 46.5 Å². The first-order chi connectivity index (χ1) is 13.2. The maximum Gasteiger partial charge on any atom is 0.331 e. The van der Waals surface area contributed by atoms with E-state index < -0.39 is 5.97 Å². The molecule has 0 aromatic carbocycles. The molecule has 5 heteroatoms. The molecule has 0 aliphatic heterocycles. The third-order valence-electron chi connectivity index (χ3n) is 5.48. The monoisotopic (exact) mass is 382 g/mol. The van der Waals surface area contributed by atoms with Gasteiger partial charge in [-0.25, -0.2) is 4.79 Å². The van der Waals surface area contributed by atoms with Crippen LogP contribution in [0.3, 0.4) is 0 Å². The second kappa shape index (κ2) is 7.82. The Hall–Kier alpha value is -2.56. The zero-order valence-electron chi connectivity index (χ0n) is 17.7. The van der Waals surface area contributed by atoms with Crippen LogP contribution in [0.2, 0.25) is 0 Å². The second-order valence-electron chi connectivity index (χ2n) is 8.04. The molecule has 0 bridgehead atoms. The molecule has 0 spiro atoms. The van der Waals surface area contributed by atoms with Gasteiger partial charge in [0.2, 0.25) is 5.78 Å². The van der Waals surface area contributed by atoms with Crippen LogP contribution in [0.1, 0.15) is 77.5 Å². The quantitative estimate of drug-likeness (QED) is 0.390. The molecule has 1 saturated carbocycles. The highest BCUT2D eigenvalue weighted by molar-refractivity contribution is 6.00. The van der Waals surface area contributed by atoms with Crippen LogP contribution in [0.25, 0.3) is 6.08 Å². The molecular formula is C23H30N2O3. The Morgan fingerprint density at radius 3 is 2.36 bits per heavy atom. The van der Waals surface area contributed by atoms with Gasteiger partial charge in [-0.1, -0.05) is 0 Å². The van der Waals surface area contributed by atoms with Crippen molar-refractivity contribution < 1.29 is 14.3 Å². The highest BCUT2D eigenvalue weighted by atomic mass is 16.5. The number of rotatable bonds is 7. The van der Waals surface area contributed by atoms with Gasteiger partial charge in [-0.2, -0.15) is 0 Å². The van der Waals surface area contributed by atoms with Gasteiger partial charge in [-0.05, 0) is 78.2 Å². The lowest BCUT2D eigenvalue weighted by atomic mass is 10.1. The number of Topliss-reactive ketones (excluding diaryl/α,β-unsaturated/α-hetero) is 1. The van der Waals surface area contributed by atoms with E-state index in [1.807, 2.05) is 19.9 Å². The van der Waals surface area contributed by atoms with Gasteiger partial charge >= 0.3 is 5.97 Å². The van der Waals surface area contributed by atoms with Crippen LogP contribution in [0, 0.1) is 27.7 Å². The van der Waals surface area contributed by atoms with E-state index in [0.29, 0.717) is 11.6 Å². The van der Waals surface area contributed by atoms with E-state index >= 15 is 0 Å². The minimum absolute atomic E-state index is 0.173. The van der Waals surface area contributed by atoms with Crippen molar-refractivity contribution in [3.8, 4) is 0 Å². The van der Waals surface area contributed by atoms with Gasteiger partial charge in [0.25, 0.3) is 0 Å². The maximum absolute atomic E-state index is 12.5. The van der Waals surface area contributed by atoms with E-state index in [9.17, 15) is 9.59 Å². The number of ketones is 1. The highest BCUT2D eigenvalue weighted by Gasteiger charge is 2.26. The molecule has 1 fully saturated rings. The van der Waals surface area contributed by atoms with Gasteiger partial charge in [0.05, 0.1) is 0 Å². The summed E-state index contributed by atoms with van der Waals surface area (Å²) in [5.74, 6) is -0.670. The molecule has 0 amide bonds. The molecule has 2 aromatic heterocycles. The van der Waals surface area contributed by atoms with E-state index in [0.717, 1.165) is 17.0 Å². The minimum atomic E-state index is -0.498. The van der Waals surface area contributed by atoms with Gasteiger partial charge < -0.3 is 13.9 Å². The summed E-state index contributed by atoms with van der Waals surface area (Å²) in [7, 11) is 0. The van der Waals surface area contributed by atoms with Crippen molar-refractivity contribution >= 4 is 17.8 Å². The number of hydrogen-bond donors (Lipinski definition) is 0. The molecule has 0 radical (unpaired) electrons. The van der Waals surface area contributed by atoms with Crippen LogP contribution in [0.15, 0.2) is 18.2 Å². The Bertz CT molecular complexity index is 940. The number of carbonyl (C=O) groups excluding carboxylic acids is 2. The van der Waals surface area contributed by atoms with Crippen molar-refractivity contribution in [2.45, 2.75) is 66.5 Å². The van der Waals surface area contributed by atoms with Gasteiger partial charge in [-0.3, -0.25) is 4.79 Å². The normalized spacial score (nSPS) is 14.2. The SMILES string of the molecule is Cc1cc(C(=O)COC(=O)/C=C/c2cc(C)n(C3CC3)c2C)c(C)n1C(C)C. The number of aromatic nitrogens is 2. The molecule has 2 heterocycles. The van der Waals surface area contributed by atoms with Crippen molar-refractivity contribution in [1.29, 1.82) is 0 Å². The predicted octanol–water partition coefficient (Wildman–Crippen LogP) is 4.88. The third kappa shape index (κ3) is 3.98. The largest absolute Gasteiger partial charge is 0.454 e. The average molecular weight is 383 g/mol. The number of carbonyl (C=O) groups is 2. The molecule has 0 saturated heterocycles. The molecule has 5 nitrogen and oxygen atoms in total. The summed E-state index contributed by atoms with van der Waals surface area (Å²) in [5.41, 5.74) is 5.97. The summed E-state index contributed by atoms with van der Waals surface area (Å²) in [5, 5.41) is 0. The molecule has 150 valence electrons. The van der Waals surface area contributed by atoms with Crippen molar-refractivity contribution in [1.82, 2.24) is 9.13 Å². The van der Waals surface area contributed by atoms with Crippen LogP contribution < -0.4 is 0 Å². The van der Waals surface area contributed by atoms with Gasteiger partial charge in [-0.15, -0.1) is 0 Å². The van der Waals surface area contributed by atoms with E-state index in [2.05, 4.69) is 42.9 Å². The smallest absolute Gasteiger partial charge is 0.331 e. The van der Waals surface area contributed by atoms with Gasteiger partial charge in [0.1, 0.15) is 0 Å². The Labute approximate surface area is 167 Å². The third-order valence-corrected chi connectivity index (χ3v) is 5.48. The van der Waals surface area contributed by atoms with Crippen molar-refractivity contribution in [3.05, 3.63) is 52.1 Å². The summed E-state index contributed by atoms with van der Waals surface area (Å²) >= 11 is 0. The Morgan fingerprint density at radius 2 is 1.79 bits per heavy atom. The van der Waals surface area contributed by atoms with Crippen molar-refractivity contribution in [2.75, 3.05) is 6.61 Å². The molecule has 1 aliphatic rings. The first-order valence-electron chi connectivity index (χ1n) is 9.95. The van der Waals surface area contributed by atoms with Crippen molar-refractivity contribution in [3.63, 3.8) is 0 Å². The van der Waals surface area contributed by atoms with Crippen LogP contribution in [0.5, 0.6) is 0 Å². The fourth-order valence-electron chi connectivity index (χ4n) is 4.14. The number of hydrogen-bond acceptors (Lipinski definition) is 3. The Morgan fingerprint density at radius 1 is 1.11 bits per heavy atom. The lowest BCUT2D eigenvalue weighted by Crippen LogP contribution is -2.14. The lowest BCUT2D eigenvalue weighted by molar-refractivity contribution is -0.136. The number of aryl methyl sites for hydroxylation is 2. The van der Waals surface area contributed by atoms with Crippen LogP contribution in [-0.4, -0.2) is 27.5 Å². The first kappa shape index (κ1) is 20.2. The average Bonchev–Trinajstić information content (AvgIpc) is 3.34. The summed E-state index contributed by atoms with van der Waals surface area (Å²) < 4.78 is 9.64. The molecule has 2 aromatic rings. The topological polar surface area (TPSA) is 53.2 Å². The fraction of sp³-hybridized carbons (Fsp3) is 0.478. The Kier molecular flexibility index (Phi) is 5.64. The summed E-state index contributed by atoms with van der Waals surface area (Å²) in [4.78, 5) is 24.6. The minimum Gasteiger partial charge on any atom is -0.454 e. The van der Waals surface area contributed by atoms with E-state index in [1.54, 1.807) is 6.08 Å². The van der Waals surface area contributed by atoms with Crippen molar-refractivity contribution in [2.24, 2.45) is 0 Å².